The third kappa shape index (κ3) is 1.81. The standard InChI is InChI=1S/C12H14N6O4/c13-1-4-6-9(14)16-3-17-11(6)18(10(4)15)12-8(21)7(20)5(2-19)22-12/h3,5,7-8,12,19-21H,2,15H2,(H2,14,16,17)/t5-,7-,8-,12?/m1/s1. The lowest BCUT2D eigenvalue weighted by atomic mass is 10.1. The third-order valence-electron chi connectivity index (χ3n) is 3.73. The smallest absolute Gasteiger partial charge is 0.166 e. The summed E-state index contributed by atoms with van der Waals surface area (Å²) in [7, 11) is 0. The maximum Gasteiger partial charge on any atom is 0.166 e. The number of aliphatic hydroxyl groups is 3. The maximum atomic E-state index is 10.1. The average molecular weight is 306 g/mol. The Bertz CT molecular complexity index is 769. The zero-order valence-electron chi connectivity index (χ0n) is 11.3. The molecular formula is C12H14N6O4. The van der Waals surface area contributed by atoms with Crippen molar-refractivity contribution in [2.45, 2.75) is 24.5 Å². The lowest BCUT2D eigenvalue weighted by molar-refractivity contribution is -0.0499. The van der Waals surface area contributed by atoms with Crippen molar-refractivity contribution in [3.8, 4) is 6.07 Å². The van der Waals surface area contributed by atoms with Gasteiger partial charge in [-0.05, 0) is 0 Å². The van der Waals surface area contributed by atoms with Gasteiger partial charge in [0.05, 0.1) is 12.0 Å². The minimum Gasteiger partial charge on any atom is -0.394 e. The number of rotatable bonds is 2. The number of nitrogens with two attached hydrogens (primary N) is 2. The number of hydrogen-bond donors (Lipinski definition) is 5. The highest BCUT2D eigenvalue weighted by Gasteiger charge is 2.45. The summed E-state index contributed by atoms with van der Waals surface area (Å²) in [6.45, 7) is -0.476. The second-order valence-corrected chi connectivity index (χ2v) is 4.93. The second-order valence-electron chi connectivity index (χ2n) is 4.93. The van der Waals surface area contributed by atoms with E-state index >= 15 is 0 Å². The van der Waals surface area contributed by atoms with Crippen LogP contribution in [0.5, 0.6) is 0 Å². The van der Waals surface area contributed by atoms with Crippen LogP contribution in [-0.4, -0.2) is 54.8 Å². The van der Waals surface area contributed by atoms with Crippen LogP contribution in [0.4, 0.5) is 11.6 Å². The molecule has 4 atom stereocenters. The van der Waals surface area contributed by atoms with Gasteiger partial charge in [-0.1, -0.05) is 0 Å². The van der Waals surface area contributed by atoms with Crippen molar-refractivity contribution in [2.24, 2.45) is 0 Å². The van der Waals surface area contributed by atoms with Crippen molar-refractivity contribution in [3.05, 3.63) is 11.9 Å². The summed E-state index contributed by atoms with van der Waals surface area (Å²) in [5, 5.41) is 38.7. The number of aromatic nitrogens is 3. The van der Waals surface area contributed by atoms with E-state index in [0.717, 1.165) is 0 Å². The zero-order chi connectivity index (χ0) is 16.0. The number of nitrogens with zero attached hydrogens (tertiary/aromatic N) is 4. The molecule has 22 heavy (non-hydrogen) atoms. The molecule has 2 aromatic heterocycles. The van der Waals surface area contributed by atoms with Crippen LogP contribution < -0.4 is 11.5 Å². The third-order valence-corrected chi connectivity index (χ3v) is 3.73. The van der Waals surface area contributed by atoms with Gasteiger partial charge in [-0.3, -0.25) is 4.57 Å². The summed E-state index contributed by atoms with van der Waals surface area (Å²) in [4.78, 5) is 7.85. The predicted octanol–water partition coefficient (Wildman–Crippen LogP) is -1.92. The highest BCUT2D eigenvalue weighted by atomic mass is 16.6. The Balaban J connectivity index is 2.23. The molecule has 7 N–H and O–H groups in total. The normalized spacial score (nSPS) is 28.1. The minimum atomic E-state index is -1.35. The molecule has 3 rings (SSSR count). The molecule has 10 heteroatoms. The minimum absolute atomic E-state index is 0.0143. The monoisotopic (exact) mass is 306 g/mol. The van der Waals surface area contributed by atoms with Crippen LogP contribution in [0.1, 0.15) is 11.8 Å². The van der Waals surface area contributed by atoms with Crippen molar-refractivity contribution in [2.75, 3.05) is 18.1 Å². The van der Waals surface area contributed by atoms with E-state index in [1.165, 1.54) is 10.9 Å². The van der Waals surface area contributed by atoms with Crippen LogP contribution in [0.15, 0.2) is 6.33 Å². The summed E-state index contributed by atoms with van der Waals surface area (Å²) in [6.07, 6.45) is -3.53. The number of hydrogen-bond acceptors (Lipinski definition) is 9. The molecule has 0 spiro atoms. The second kappa shape index (κ2) is 5.08. The van der Waals surface area contributed by atoms with E-state index in [2.05, 4.69) is 9.97 Å². The Hall–Kier alpha value is -2.45. The Morgan fingerprint density at radius 2 is 2.05 bits per heavy atom. The van der Waals surface area contributed by atoms with E-state index < -0.39 is 31.1 Å². The quantitative estimate of drug-likeness (QED) is 0.423. The van der Waals surface area contributed by atoms with Gasteiger partial charge in [0.15, 0.2) is 11.9 Å². The first-order chi connectivity index (χ1) is 10.5. The SMILES string of the molecule is N#Cc1c(N)n(C2O[C@H](CO)[C@@H](O)[C@H]2O)c2ncnc(N)c12. The number of anilines is 2. The van der Waals surface area contributed by atoms with Crippen LogP contribution in [0.3, 0.4) is 0 Å². The van der Waals surface area contributed by atoms with Gasteiger partial charge in [-0.25, -0.2) is 9.97 Å². The molecular weight excluding hydrogens is 292 g/mol. The maximum absolute atomic E-state index is 10.1. The number of ether oxygens (including phenoxy) is 1. The number of nitriles is 1. The van der Waals surface area contributed by atoms with Crippen molar-refractivity contribution < 1.29 is 20.1 Å². The molecule has 0 radical (unpaired) electrons. The average Bonchev–Trinajstić information content (AvgIpc) is 2.95. The Kier molecular flexibility index (Phi) is 3.34. The predicted molar refractivity (Wildman–Crippen MR) is 74.1 cm³/mol. The van der Waals surface area contributed by atoms with Crippen LogP contribution in [0.2, 0.25) is 0 Å². The molecule has 1 unspecified atom stereocenters. The van der Waals surface area contributed by atoms with Gasteiger partial charge in [0, 0.05) is 0 Å². The summed E-state index contributed by atoms with van der Waals surface area (Å²) in [5.74, 6) is 0.0540. The fourth-order valence-electron chi connectivity index (χ4n) is 2.64. The van der Waals surface area contributed by atoms with Gasteiger partial charge in [-0.2, -0.15) is 5.26 Å². The van der Waals surface area contributed by atoms with E-state index in [1.54, 1.807) is 0 Å². The van der Waals surface area contributed by atoms with Crippen LogP contribution in [0, 0.1) is 11.3 Å². The molecule has 0 amide bonds. The largest absolute Gasteiger partial charge is 0.394 e. The molecule has 0 saturated carbocycles. The first kappa shape index (κ1) is 14.5. The zero-order valence-corrected chi connectivity index (χ0v) is 11.3. The molecule has 0 aromatic carbocycles. The van der Waals surface area contributed by atoms with Crippen molar-refractivity contribution in [1.82, 2.24) is 14.5 Å². The molecule has 10 nitrogen and oxygen atoms in total. The molecule has 3 heterocycles. The molecule has 2 aromatic rings. The molecule has 1 fully saturated rings. The van der Waals surface area contributed by atoms with Gasteiger partial charge in [0.25, 0.3) is 0 Å². The van der Waals surface area contributed by atoms with Crippen LogP contribution >= 0.6 is 0 Å². The van der Waals surface area contributed by atoms with Gasteiger partial charge >= 0.3 is 0 Å². The van der Waals surface area contributed by atoms with Crippen LogP contribution in [0.25, 0.3) is 11.0 Å². The van der Waals surface area contributed by atoms with Gasteiger partial charge in [0.1, 0.15) is 47.9 Å². The fraction of sp³-hybridized carbons (Fsp3) is 0.417. The summed E-state index contributed by atoms with van der Waals surface area (Å²) >= 11 is 0. The van der Waals surface area contributed by atoms with E-state index in [-0.39, 0.29) is 28.2 Å². The number of nitrogen functional groups attached to an aromatic ring is 2. The van der Waals surface area contributed by atoms with Gasteiger partial charge in [-0.15, -0.1) is 0 Å². The molecule has 1 saturated heterocycles. The van der Waals surface area contributed by atoms with Gasteiger partial charge < -0.3 is 31.5 Å². The summed E-state index contributed by atoms with van der Waals surface area (Å²) < 4.78 is 6.70. The number of fused-ring (bicyclic) bond motifs is 1. The van der Waals surface area contributed by atoms with E-state index in [4.69, 9.17) is 21.3 Å². The fourth-order valence-corrected chi connectivity index (χ4v) is 2.64. The summed E-state index contributed by atoms with van der Waals surface area (Å²) in [5.41, 5.74) is 12.0. The first-order valence-electron chi connectivity index (χ1n) is 6.43. The molecule has 116 valence electrons. The highest BCUT2D eigenvalue weighted by Crippen LogP contribution is 2.38. The Labute approximate surface area is 124 Å². The van der Waals surface area contributed by atoms with Crippen molar-refractivity contribution in [1.29, 1.82) is 5.26 Å². The van der Waals surface area contributed by atoms with E-state index in [1.807, 2.05) is 6.07 Å². The highest BCUT2D eigenvalue weighted by molar-refractivity contribution is 5.96. The summed E-state index contributed by atoms with van der Waals surface area (Å²) in [6, 6.07) is 1.92. The molecule has 0 bridgehead atoms. The first-order valence-corrected chi connectivity index (χ1v) is 6.43. The van der Waals surface area contributed by atoms with Crippen LogP contribution in [-0.2, 0) is 4.74 Å². The van der Waals surface area contributed by atoms with Crippen molar-refractivity contribution >= 4 is 22.7 Å². The molecule has 1 aliphatic rings. The van der Waals surface area contributed by atoms with E-state index in [0.29, 0.717) is 0 Å². The lowest BCUT2D eigenvalue weighted by Crippen LogP contribution is -2.33. The Morgan fingerprint density at radius 3 is 2.64 bits per heavy atom. The molecule has 1 aliphatic heterocycles. The van der Waals surface area contributed by atoms with E-state index in [9.17, 15) is 15.5 Å². The topological polar surface area (TPSA) is 176 Å². The van der Waals surface area contributed by atoms with Crippen molar-refractivity contribution in [3.63, 3.8) is 0 Å². The Morgan fingerprint density at radius 1 is 1.32 bits per heavy atom. The number of aliphatic hydroxyl groups excluding tert-OH is 3. The lowest BCUT2D eigenvalue weighted by Gasteiger charge is -2.18. The van der Waals surface area contributed by atoms with Gasteiger partial charge in [0.2, 0.25) is 0 Å². The molecule has 0 aliphatic carbocycles.